The quantitative estimate of drug-likeness (QED) is 0.689. The monoisotopic (exact) mass is 210 g/mol. The molecule has 1 unspecified atom stereocenters. The van der Waals surface area contributed by atoms with Crippen molar-refractivity contribution in [1.82, 2.24) is 5.32 Å². The highest BCUT2D eigenvalue weighted by atomic mass is 35.5. The van der Waals surface area contributed by atoms with E-state index in [0.29, 0.717) is 18.0 Å². The third kappa shape index (κ3) is 1.68. The van der Waals surface area contributed by atoms with Crippen molar-refractivity contribution in [1.29, 1.82) is 0 Å². The van der Waals surface area contributed by atoms with Gasteiger partial charge in [0.2, 0.25) is 0 Å². The Morgan fingerprint density at radius 1 is 1.43 bits per heavy atom. The van der Waals surface area contributed by atoms with E-state index in [0.717, 1.165) is 5.69 Å². The maximum atomic E-state index is 11.7. The predicted molar refractivity (Wildman–Crippen MR) is 56.9 cm³/mol. The predicted octanol–water partition coefficient (Wildman–Crippen LogP) is 1.45. The summed E-state index contributed by atoms with van der Waals surface area (Å²) in [6, 6.07) is 7.44. The second-order valence-electron chi connectivity index (χ2n) is 3.25. The lowest BCUT2D eigenvalue weighted by Gasteiger charge is -2.11. The molecule has 0 saturated heterocycles. The molecule has 0 aliphatic carbocycles. The number of hydrogen-bond donors (Lipinski definition) is 2. The molecule has 1 aromatic rings. The lowest BCUT2D eigenvalue weighted by Crippen LogP contribution is -2.38. The molecule has 0 saturated carbocycles. The number of benzene rings is 1. The van der Waals surface area contributed by atoms with E-state index in [1.807, 2.05) is 18.2 Å². The number of anilines is 1. The number of halogens is 1. The molecular weight excluding hydrogens is 200 g/mol. The van der Waals surface area contributed by atoms with Crippen LogP contribution < -0.4 is 10.6 Å². The zero-order valence-corrected chi connectivity index (χ0v) is 8.34. The van der Waals surface area contributed by atoms with Gasteiger partial charge in [0, 0.05) is 18.1 Å². The van der Waals surface area contributed by atoms with Crippen LogP contribution in [-0.2, 0) is 0 Å². The maximum absolute atomic E-state index is 11.7. The van der Waals surface area contributed by atoms with E-state index in [9.17, 15) is 4.79 Å². The molecule has 0 aromatic heterocycles. The second kappa shape index (κ2) is 3.88. The van der Waals surface area contributed by atoms with Crippen LogP contribution in [0.3, 0.4) is 0 Å². The Hall–Kier alpha value is -1.22. The Kier molecular flexibility index (Phi) is 2.59. The SMILES string of the molecule is O=C1NC(CCl)CNc2ccccc21. The van der Waals surface area contributed by atoms with Crippen LogP contribution in [0, 0.1) is 0 Å². The summed E-state index contributed by atoms with van der Waals surface area (Å²) >= 11 is 5.71. The number of alkyl halides is 1. The molecule has 1 aliphatic heterocycles. The molecule has 1 aromatic carbocycles. The molecule has 1 heterocycles. The molecule has 1 amide bonds. The summed E-state index contributed by atoms with van der Waals surface area (Å²) in [7, 11) is 0. The first kappa shape index (κ1) is 9.34. The topological polar surface area (TPSA) is 41.1 Å². The lowest BCUT2D eigenvalue weighted by atomic mass is 10.2. The molecule has 0 fully saturated rings. The molecule has 14 heavy (non-hydrogen) atoms. The summed E-state index contributed by atoms with van der Waals surface area (Å²) in [4.78, 5) is 11.7. The second-order valence-corrected chi connectivity index (χ2v) is 3.56. The first-order valence-corrected chi connectivity index (χ1v) is 5.04. The van der Waals surface area contributed by atoms with E-state index >= 15 is 0 Å². The van der Waals surface area contributed by atoms with Crippen molar-refractivity contribution in [3.63, 3.8) is 0 Å². The van der Waals surface area contributed by atoms with Gasteiger partial charge < -0.3 is 10.6 Å². The fourth-order valence-electron chi connectivity index (χ4n) is 1.48. The molecule has 0 spiro atoms. The minimum atomic E-state index is -0.0590. The van der Waals surface area contributed by atoms with E-state index in [-0.39, 0.29) is 11.9 Å². The first-order chi connectivity index (χ1) is 6.81. The third-order valence-corrected chi connectivity index (χ3v) is 2.60. The first-order valence-electron chi connectivity index (χ1n) is 4.51. The van der Waals surface area contributed by atoms with Crippen LogP contribution >= 0.6 is 11.6 Å². The number of rotatable bonds is 1. The van der Waals surface area contributed by atoms with Gasteiger partial charge in [-0.3, -0.25) is 4.79 Å². The van der Waals surface area contributed by atoms with E-state index in [2.05, 4.69) is 10.6 Å². The zero-order chi connectivity index (χ0) is 9.97. The van der Waals surface area contributed by atoms with E-state index in [1.165, 1.54) is 0 Å². The Balaban J connectivity index is 2.31. The van der Waals surface area contributed by atoms with Crippen LogP contribution in [0.1, 0.15) is 10.4 Å². The Labute approximate surface area is 87.4 Å². The third-order valence-electron chi connectivity index (χ3n) is 2.23. The average Bonchev–Trinajstić information content (AvgIpc) is 2.39. The standard InChI is InChI=1S/C10H11ClN2O/c11-5-7-6-12-9-4-2-1-3-8(9)10(14)13-7/h1-4,7,12H,5-6H2,(H,13,14). The highest BCUT2D eigenvalue weighted by molar-refractivity contribution is 6.18. The van der Waals surface area contributed by atoms with Crippen molar-refractivity contribution in [2.45, 2.75) is 6.04 Å². The Morgan fingerprint density at radius 2 is 2.21 bits per heavy atom. The number of carbonyl (C=O) groups is 1. The van der Waals surface area contributed by atoms with E-state index < -0.39 is 0 Å². The van der Waals surface area contributed by atoms with Gasteiger partial charge in [-0.05, 0) is 12.1 Å². The lowest BCUT2D eigenvalue weighted by molar-refractivity contribution is 0.0946. The van der Waals surface area contributed by atoms with Crippen LogP contribution in [0.15, 0.2) is 24.3 Å². The van der Waals surface area contributed by atoms with Crippen molar-refractivity contribution in [3.05, 3.63) is 29.8 Å². The molecule has 4 heteroatoms. The van der Waals surface area contributed by atoms with Crippen molar-refractivity contribution >= 4 is 23.2 Å². The number of para-hydroxylation sites is 1. The van der Waals surface area contributed by atoms with E-state index in [1.54, 1.807) is 6.07 Å². The summed E-state index contributed by atoms with van der Waals surface area (Å²) in [6.45, 7) is 0.673. The molecule has 74 valence electrons. The van der Waals surface area contributed by atoms with Crippen molar-refractivity contribution < 1.29 is 4.79 Å². The summed E-state index contributed by atoms with van der Waals surface area (Å²) in [5, 5.41) is 6.04. The van der Waals surface area contributed by atoms with Gasteiger partial charge in [-0.15, -0.1) is 11.6 Å². The number of fused-ring (bicyclic) bond motifs is 1. The van der Waals surface area contributed by atoms with Gasteiger partial charge in [-0.25, -0.2) is 0 Å². The normalized spacial score (nSPS) is 20.4. The van der Waals surface area contributed by atoms with E-state index in [4.69, 9.17) is 11.6 Å². The number of hydrogen-bond acceptors (Lipinski definition) is 2. The summed E-state index contributed by atoms with van der Waals surface area (Å²) in [6.07, 6.45) is 0. The van der Waals surface area contributed by atoms with Gasteiger partial charge in [0.25, 0.3) is 5.91 Å². The van der Waals surface area contributed by atoms with Gasteiger partial charge >= 0.3 is 0 Å². The van der Waals surface area contributed by atoms with Crippen molar-refractivity contribution in [3.8, 4) is 0 Å². The van der Waals surface area contributed by atoms with Crippen LogP contribution in [0.2, 0.25) is 0 Å². The minimum Gasteiger partial charge on any atom is -0.382 e. The molecule has 1 aliphatic rings. The smallest absolute Gasteiger partial charge is 0.253 e. The fourth-order valence-corrected chi connectivity index (χ4v) is 1.66. The summed E-state index contributed by atoms with van der Waals surface area (Å²) in [5.41, 5.74) is 1.55. The fraction of sp³-hybridized carbons (Fsp3) is 0.300. The van der Waals surface area contributed by atoms with Gasteiger partial charge in [0.1, 0.15) is 0 Å². The summed E-state index contributed by atoms with van der Waals surface area (Å²) < 4.78 is 0. The molecule has 2 rings (SSSR count). The zero-order valence-electron chi connectivity index (χ0n) is 7.59. The van der Waals surface area contributed by atoms with Crippen LogP contribution in [0.25, 0.3) is 0 Å². The highest BCUT2D eigenvalue weighted by Crippen LogP contribution is 2.17. The molecule has 0 radical (unpaired) electrons. The van der Waals surface area contributed by atoms with Gasteiger partial charge in [0.15, 0.2) is 0 Å². The van der Waals surface area contributed by atoms with Gasteiger partial charge in [0.05, 0.1) is 11.6 Å². The van der Waals surface area contributed by atoms with Crippen LogP contribution in [0.4, 0.5) is 5.69 Å². The van der Waals surface area contributed by atoms with Crippen LogP contribution in [0.5, 0.6) is 0 Å². The molecule has 1 atom stereocenters. The average molecular weight is 211 g/mol. The van der Waals surface area contributed by atoms with Gasteiger partial charge in [-0.1, -0.05) is 12.1 Å². The minimum absolute atomic E-state index is 0.00318. The number of nitrogens with one attached hydrogen (secondary N) is 2. The highest BCUT2D eigenvalue weighted by Gasteiger charge is 2.19. The molecule has 3 nitrogen and oxygen atoms in total. The Bertz CT molecular complexity index is 354. The molecular formula is C10H11ClN2O. The van der Waals surface area contributed by atoms with Crippen molar-refractivity contribution in [2.24, 2.45) is 0 Å². The number of amides is 1. The van der Waals surface area contributed by atoms with Crippen LogP contribution in [-0.4, -0.2) is 24.4 Å². The summed E-state index contributed by atoms with van der Waals surface area (Å²) in [5.74, 6) is 0.364. The largest absolute Gasteiger partial charge is 0.382 e. The molecule has 2 N–H and O–H groups in total. The number of carbonyl (C=O) groups excluding carboxylic acids is 1. The maximum Gasteiger partial charge on any atom is 0.253 e. The van der Waals surface area contributed by atoms with Gasteiger partial charge in [-0.2, -0.15) is 0 Å². The molecule has 0 bridgehead atoms. The van der Waals surface area contributed by atoms with Crippen molar-refractivity contribution in [2.75, 3.05) is 17.7 Å². The Morgan fingerprint density at radius 3 is 3.00 bits per heavy atom.